The smallest absolute Gasteiger partial charge is 0.262 e. The normalized spacial score (nSPS) is 17.9. The van der Waals surface area contributed by atoms with Gasteiger partial charge in [-0.1, -0.05) is 12.8 Å². The fraction of sp³-hybridized carbons (Fsp3) is 0.348. The van der Waals surface area contributed by atoms with Gasteiger partial charge < -0.3 is 14.8 Å². The van der Waals surface area contributed by atoms with Gasteiger partial charge in [-0.15, -0.1) is 0 Å². The average Bonchev–Trinajstić information content (AvgIpc) is 2.83. The molecule has 1 aliphatic rings. The summed E-state index contributed by atoms with van der Waals surface area (Å²) in [5, 5.41) is 2.73. The number of pyridine rings is 2. The minimum Gasteiger partial charge on any atom is -0.488 e. The first-order valence-electron chi connectivity index (χ1n) is 10.7. The summed E-state index contributed by atoms with van der Waals surface area (Å²) in [5.41, 5.74) is 0.782. The molecule has 0 aromatic carbocycles. The summed E-state index contributed by atoms with van der Waals surface area (Å²) in [6.45, 7) is 2.09. The molecule has 3 heterocycles. The molecule has 1 aliphatic carbocycles. The molecule has 172 valence electrons. The van der Waals surface area contributed by atoms with Crippen molar-refractivity contribution in [3.8, 4) is 28.8 Å². The van der Waals surface area contributed by atoms with E-state index in [1.54, 1.807) is 19.2 Å². The molecule has 0 radical (unpaired) electrons. The zero-order valence-electron chi connectivity index (χ0n) is 18.0. The van der Waals surface area contributed by atoms with Crippen LogP contribution in [0.1, 0.15) is 43.0 Å². The fourth-order valence-corrected chi connectivity index (χ4v) is 3.55. The van der Waals surface area contributed by atoms with Crippen molar-refractivity contribution in [1.82, 2.24) is 25.3 Å². The van der Waals surface area contributed by atoms with Crippen LogP contribution in [0.3, 0.4) is 0 Å². The Morgan fingerprint density at radius 1 is 1.09 bits per heavy atom. The van der Waals surface area contributed by atoms with Crippen LogP contribution in [0.5, 0.6) is 17.4 Å². The Kier molecular flexibility index (Phi) is 7.01. The van der Waals surface area contributed by atoms with Crippen LogP contribution in [-0.4, -0.2) is 44.7 Å². The summed E-state index contributed by atoms with van der Waals surface area (Å²) in [7, 11) is 0. The van der Waals surface area contributed by atoms with E-state index in [0.29, 0.717) is 36.6 Å². The number of nitrogens with zero attached hydrogens (tertiary/aromatic N) is 4. The highest BCUT2D eigenvalue weighted by molar-refractivity contribution is 5.94. The second kappa shape index (κ2) is 10.3. The van der Waals surface area contributed by atoms with Crippen molar-refractivity contribution < 1.29 is 23.0 Å². The quantitative estimate of drug-likeness (QED) is 0.568. The lowest BCUT2D eigenvalue weighted by molar-refractivity contribution is 0.0883. The number of carbonyl (C=O) groups excluding carboxylic acids is 1. The summed E-state index contributed by atoms with van der Waals surface area (Å²) < 4.78 is 38.5. The van der Waals surface area contributed by atoms with Gasteiger partial charge in [0.1, 0.15) is 17.7 Å². The number of nitrogens with one attached hydrogen (secondary N) is 1. The van der Waals surface area contributed by atoms with Gasteiger partial charge >= 0.3 is 0 Å². The molecular formula is C23H23F2N5O3. The maximum absolute atomic E-state index is 14.0. The molecule has 0 aliphatic heterocycles. The number of amides is 1. The van der Waals surface area contributed by atoms with Gasteiger partial charge in [0.2, 0.25) is 0 Å². The Morgan fingerprint density at radius 2 is 1.88 bits per heavy atom. The number of hydrogen-bond acceptors (Lipinski definition) is 7. The highest BCUT2D eigenvalue weighted by Gasteiger charge is 2.26. The molecular weight excluding hydrogens is 432 g/mol. The summed E-state index contributed by atoms with van der Waals surface area (Å²) in [4.78, 5) is 29.0. The molecule has 1 N–H and O–H groups in total. The maximum Gasteiger partial charge on any atom is 0.262 e. The van der Waals surface area contributed by atoms with Gasteiger partial charge in [-0.25, -0.2) is 23.7 Å². The maximum atomic E-state index is 14.0. The van der Waals surface area contributed by atoms with Gasteiger partial charge in [0.15, 0.2) is 11.6 Å². The average molecular weight is 455 g/mol. The van der Waals surface area contributed by atoms with Crippen molar-refractivity contribution in [1.29, 1.82) is 0 Å². The molecule has 1 saturated carbocycles. The molecule has 0 bridgehead atoms. The van der Waals surface area contributed by atoms with Gasteiger partial charge in [-0.05, 0) is 25.8 Å². The zero-order valence-corrected chi connectivity index (χ0v) is 18.0. The highest BCUT2D eigenvalue weighted by atomic mass is 19.1. The van der Waals surface area contributed by atoms with E-state index in [4.69, 9.17) is 9.47 Å². The van der Waals surface area contributed by atoms with E-state index in [0.717, 1.165) is 19.0 Å². The lowest BCUT2D eigenvalue weighted by Crippen LogP contribution is -2.43. The Balaban J connectivity index is 1.47. The molecule has 8 nitrogen and oxygen atoms in total. The molecule has 33 heavy (non-hydrogen) atoms. The van der Waals surface area contributed by atoms with Crippen molar-refractivity contribution in [3.63, 3.8) is 0 Å². The molecule has 1 fully saturated rings. The summed E-state index contributed by atoms with van der Waals surface area (Å²) in [6.07, 6.45) is 8.59. The monoisotopic (exact) mass is 455 g/mol. The summed E-state index contributed by atoms with van der Waals surface area (Å²) >= 11 is 0. The van der Waals surface area contributed by atoms with Crippen LogP contribution in [0.4, 0.5) is 8.78 Å². The summed E-state index contributed by atoms with van der Waals surface area (Å²) in [5.74, 6) is -0.0354. The largest absolute Gasteiger partial charge is 0.488 e. The topological polar surface area (TPSA) is 99.1 Å². The van der Waals surface area contributed by atoms with Gasteiger partial charge in [0, 0.05) is 30.2 Å². The molecule has 10 heteroatoms. The molecule has 4 rings (SSSR count). The molecule has 3 aromatic heterocycles. The first-order valence-corrected chi connectivity index (χ1v) is 10.7. The predicted molar refractivity (Wildman–Crippen MR) is 115 cm³/mol. The first-order chi connectivity index (χ1) is 16.0. The SMILES string of the molecule is CCOc1cc(F)cnc1Oc1cncc(-c2ncc(C(=O)N[C@@H]3CCCC[C@@H]3F)cn2)c1. The van der Waals surface area contributed by atoms with Crippen LogP contribution >= 0.6 is 0 Å². The third kappa shape index (κ3) is 5.57. The molecule has 0 unspecified atom stereocenters. The van der Waals surface area contributed by atoms with Crippen molar-refractivity contribution in [2.75, 3.05) is 6.61 Å². The minimum absolute atomic E-state index is 0.0963. The van der Waals surface area contributed by atoms with Crippen LogP contribution in [0.2, 0.25) is 0 Å². The molecule has 3 aromatic rings. The van der Waals surface area contributed by atoms with Crippen molar-refractivity contribution >= 4 is 5.91 Å². The highest BCUT2D eigenvalue weighted by Crippen LogP contribution is 2.31. The van der Waals surface area contributed by atoms with Gasteiger partial charge in [0.25, 0.3) is 11.8 Å². The zero-order chi connectivity index (χ0) is 23.2. The van der Waals surface area contributed by atoms with E-state index in [-0.39, 0.29) is 17.2 Å². The van der Waals surface area contributed by atoms with E-state index in [2.05, 4.69) is 25.3 Å². The number of aromatic nitrogens is 4. The van der Waals surface area contributed by atoms with Crippen LogP contribution in [0.15, 0.2) is 43.1 Å². The predicted octanol–water partition coefficient (Wildman–Crippen LogP) is 4.27. The Labute approximate surface area is 189 Å². The number of alkyl halides is 1. The molecule has 0 saturated heterocycles. The fourth-order valence-electron chi connectivity index (χ4n) is 3.55. The van der Waals surface area contributed by atoms with E-state index in [9.17, 15) is 13.6 Å². The van der Waals surface area contributed by atoms with Crippen molar-refractivity contribution in [2.45, 2.75) is 44.8 Å². The van der Waals surface area contributed by atoms with Gasteiger partial charge in [-0.3, -0.25) is 9.78 Å². The second-order valence-electron chi connectivity index (χ2n) is 7.58. The van der Waals surface area contributed by atoms with Crippen LogP contribution in [0.25, 0.3) is 11.4 Å². The second-order valence-corrected chi connectivity index (χ2v) is 7.58. The molecule has 2 atom stereocenters. The number of rotatable bonds is 7. The number of hydrogen-bond donors (Lipinski definition) is 1. The Morgan fingerprint density at radius 3 is 2.64 bits per heavy atom. The van der Waals surface area contributed by atoms with Crippen molar-refractivity contribution in [3.05, 3.63) is 54.5 Å². The minimum atomic E-state index is -1.03. The Bertz CT molecular complexity index is 1110. The first kappa shape index (κ1) is 22.5. The number of halogens is 2. The third-order valence-electron chi connectivity index (χ3n) is 5.18. The molecule has 1 amide bonds. The third-order valence-corrected chi connectivity index (χ3v) is 5.18. The van der Waals surface area contributed by atoms with E-state index >= 15 is 0 Å². The van der Waals surface area contributed by atoms with Gasteiger partial charge in [0.05, 0.1) is 30.6 Å². The lowest BCUT2D eigenvalue weighted by atomic mass is 9.93. The molecule has 0 spiro atoms. The standard InChI is InChI=1S/C23H23F2N5O3/c1-2-32-20-8-16(24)12-29-23(20)33-17-7-14(9-26-13-17)21-27-10-15(11-28-21)22(31)30-19-6-4-3-5-18(19)25/h7-13,18-19H,2-6H2,1H3,(H,30,31)/t18-,19+/m0/s1. The summed E-state index contributed by atoms with van der Waals surface area (Å²) in [6, 6.07) is 2.35. The number of carbonyl (C=O) groups is 1. The van der Waals surface area contributed by atoms with Crippen LogP contribution < -0.4 is 14.8 Å². The van der Waals surface area contributed by atoms with Crippen molar-refractivity contribution in [2.24, 2.45) is 0 Å². The van der Waals surface area contributed by atoms with Gasteiger partial charge in [-0.2, -0.15) is 0 Å². The lowest BCUT2D eigenvalue weighted by Gasteiger charge is -2.26. The Hall–Kier alpha value is -3.69. The van der Waals surface area contributed by atoms with Crippen LogP contribution in [0, 0.1) is 5.82 Å². The van der Waals surface area contributed by atoms with E-state index in [1.165, 1.54) is 24.7 Å². The van der Waals surface area contributed by atoms with E-state index in [1.807, 2.05) is 0 Å². The number of ether oxygens (including phenoxy) is 2. The van der Waals surface area contributed by atoms with E-state index < -0.39 is 23.9 Å². The van der Waals surface area contributed by atoms with Crippen LogP contribution in [-0.2, 0) is 0 Å².